The number of hydrogen-bond acceptors (Lipinski definition) is 2. The van der Waals surface area contributed by atoms with Gasteiger partial charge in [0.25, 0.3) is 12.4 Å². The van der Waals surface area contributed by atoms with Crippen molar-refractivity contribution in [3.63, 3.8) is 0 Å². The fourth-order valence-electron chi connectivity index (χ4n) is 4.46. The summed E-state index contributed by atoms with van der Waals surface area (Å²) in [5, 5.41) is 2.21. The summed E-state index contributed by atoms with van der Waals surface area (Å²) in [5.74, 6) is 0. The van der Waals surface area contributed by atoms with E-state index < -0.39 is 0 Å². The summed E-state index contributed by atoms with van der Waals surface area (Å²) >= 11 is 0. The molecule has 0 bridgehead atoms. The van der Waals surface area contributed by atoms with Gasteiger partial charge in [-0.05, 0) is 31.2 Å². The third-order valence-electron chi connectivity index (χ3n) is 6.79. The van der Waals surface area contributed by atoms with Gasteiger partial charge >= 0.3 is 6.01 Å². The van der Waals surface area contributed by atoms with Gasteiger partial charge in [0.15, 0.2) is 5.69 Å². The van der Waals surface area contributed by atoms with E-state index in [0.29, 0.717) is 0 Å². The molecule has 0 amide bonds. The molecule has 1 aliphatic heterocycles. The van der Waals surface area contributed by atoms with Crippen molar-refractivity contribution in [3.05, 3.63) is 138 Å². The van der Waals surface area contributed by atoms with Gasteiger partial charge in [0.1, 0.15) is 5.58 Å². The Morgan fingerprint density at radius 3 is 2.33 bits per heavy atom. The Morgan fingerprint density at radius 1 is 0.775 bits per heavy atom. The molecular formula is C35H27IrN3O. The standard InChI is InChI=1S/C21H13N2O.C14H14N.Ir/c1-2-7-16(8-3-1)22-13-14-23(15-22)19-11-6-10-18-17-9-4-5-12-20(17)24-21(18)19;1-10-4-6-13(7-5-10)14-8-11(2)12(3)9-15-14;/h1-10,12-14H;4-6,8-9H,1-3H3;/q+1;-1;. The number of fused-ring (bicyclic) bond motifs is 3. The normalized spacial score (nSPS) is 12.0. The van der Waals surface area contributed by atoms with Gasteiger partial charge < -0.3 is 9.40 Å². The fourth-order valence-corrected chi connectivity index (χ4v) is 4.46. The van der Waals surface area contributed by atoms with Crippen LogP contribution in [0.2, 0.25) is 0 Å². The number of nitrogens with zero attached hydrogens (tertiary/aromatic N) is 3. The average molecular weight is 698 g/mol. The maximum Gasteiger partial charge on any atom is 0.500 e. The topological polar surface area (TPSA) is 32.0 Å². The Hall–Kier alpha value is -4.40. The largest absolute Gasteiger partial charge is 0.509 e. The minimum atomic E-state index is 0. The molecule has 1 radical (unpaired) electrons. The molecule has 6 aromatic rings. The monoisotopic (exact) mass is 698 g/mol. The number of pyridine rings is 1. The van der Waals surface area contributed by atoms with Crippen LogP contribution >= 0.6 is 0 Å². The first-order chi connectivity index (χ1) is 19.1. The molecule has 0 N–H and O–H groups in total. The molecule has 0 fully saturated rings. The molecule has 40 heavy (non-hydrogen) atoms. The summed E-state index contributed by atoms with van der Waals surface area (Å²) in [6.45, 7) is 6.24. The first kappa shape index (κ1) is 27.2. The van der Waals surface area contributed by atoms with Crippen molar-refractivity contribution >= 4 is 39.3 Å². The second kappa shape index (κ2) is 11.8. The smallest absolute Gasteiger partial charge is 0.500 e. The van der Waals surface area contributed by atoms with E-state index in [2.05, 4.69) is 68.2 Å². The van der Waals surface area contributed by atoms with Gasteiger partial charge in [-0.25, -0.2) is 0 Å². The SMILES string of the molecule is C1=[N+](c2ccccc2)C=C[N+]=1c1[c-]ccc2c1oc1ccccc12.Cc1c[c-]c(-c2cc(C)c(C)cn2)cc1.[Ir]. The molecule has 3 heterocycles. The molecule has 0 saturated carbocycles. The third kappa shape index (κ3) is 5.50. The molecule has 0 unspecified atom stereocenters. The van der Waals surface area contributed by atoms with Crippen LogP contribution in [-0.2, 0) is 20.1 Å². The number of hydrogen-bond donors (Lipinski definition) is 0. The van der Waals surface area contributed by atoms with E-state index in [4.69, 9.17) is 4.42 Å². The van der Waals surface area contributed by atoms with E-state index >= 15 is 0 Å². The Morgan fingerprint density at radius 2 is 1.55 bits per heavy atom. The summed E-state index contributed by atoms with van der Waals surface area (Å²) in [4.78, 5) is 4.41. The maximum absolute atomic E-state index is 6.07. The van der Waals surface area contributed by atoms with Crippen molar-refractivity contribution in [2.45, 2.75) is 20.8 Å². The van der Waals surface area contributed by atoms with Gasteiger partial charge in [-0.1, -0.05) is 69.5 Å². The number of para-hydroxylation sites is 2. The van der Waals surface area contributed by atoms with E-state index in [1.807, 2.05) is 94.5 Å². The van der Waals surface area contributed by atoms with Gasteiger partial charge in [0.2, 0.25) is 5.69 Å². The molecule has 0 atom stereocenters. The second-order valence-corrected chi connectivity index (χ2v) is 9.57. The molecule has 0 spiro atoms. The number of furan rings is 1. The Labute approximate surface area is 247 Å². The predicted molar refractivity (Wildman–Crippen MR) is 156 cm³/mol. The fraction of sp³-hybridized carbons (Fsp3) is 0.0857. The van der Waals surface area contributed by atoms with Crippen molar-refractivity contribution in [1.29, 1.82) is 0 Å². The van der Waals surface area contributed by atoms with Gasteiger partial charge in [-0.3, -0.25) is 0 Å². The van der Waals surface area contributed by atoms with E-state index in [-0.39, 0.29) is 20.1 Å². The molecule has 5 heteroatoms. The molecule has 0 aliphatic carbocycles. The minimum Gasteiger partial charge on any atom is -0.509 e. The number of aryl methyl sites for hydroxylation is 3. The first-order valence-corrected chi connectivity index (χ1v) is 12.9. The summed E-state index contributed by atoms with van der Waals surface area (Å²) < 4.78 is 9.94. The molecule has 0 saturated heterocycles. The van der Waals surface area contributed by atoms with Crippen LogP contribution in [0.3, 0.4) is 0 Å². The molecule has 4 aromatic carbocycles. The van der Waals surface area contributed by atoms with Crippen molar-refractivity contribution < 1.29 is 33.7 Å². The summed E-state index contributed by atoms with van der Waals surface area (Å²) in [6, 6.07) is 40.3. The van der Waals surface area contributed by atoms with E-state index in [9.17, 15) is 0 Å². The molecular weight excluding hydrogens is 671 g/mol. The summed E-state index contributed by atoms with van der Waals surface area (Å²) in [6.07, 6.45) is 5.86. The average Bonchev–Trinajstić information content (AvgIpc) is 3.61. The van der Waals surface area contributed by atoms with E-state index in [1.165, 1.54) is 16.7 Å². The molecule has 197 valence electrons. The van der Waals surface area contributed by atoms with Gasteiger partial charge in [-0.15, -0.1) is 41.5 Å². The zero-order valence-corrected chi connectivity index (χ0v) is 24.9. The third-order valence-corrected chi connectivity index (χ3v) is 6.79. The van der Waals surface area contributed by atoms with Crippen molar-refractivity contribution in [3.8, 4) is 11.3 Å². The van der Waals surface area contributed by atoms with Crippen LogP contribution < -0.4 is 0 Å². The second-order valence-electron chi connectivity index (χ2n) is 9.57. The van der Waals surface area contributed by atoms with Crippen LogP contribution in [0.1, 0.15) is 16.7 Å². The first-order valence-electron chi connectivity index (χ1n) is 12.9. The molecule has 1 aliphatic rings. The van der Waals surface area contributed by atoms with E-state index in [0.717, 1.165) is 44.6 Å². The Bertz CT molecular complexity index is 1910. The van der Waals surface area contributed by atoms with Crippen molar-refractivity contribution in [2.24, 2.45) is 0 Å². The van der Waals surface area contributed by atoms with Crippen LogP contribution in [0.4, 0.5) is 11.4 Å². The quantitative estimate of drug-likeness (QED) is 0.137. The van der Waals surface area contributed by atoms with Crippen LogP contribution in [-0.4, -0.2) is 20.1 Å². The summed E-state index contributed by atoms with van der Waals surface area (Å²) in [5.41, 5.74) is 9.41. The number of benzene rings is 4. The van der Waals surface area contributed by atoms with Crippen molar-refractivity contribution in [2.75, 3.05) is 0 Å². The number of aromatic nitrogens is 1. The Balaban J connectivity index is 0.000000175. The Kier molecular flexibility index (Phi) is 8.00. The summed E-state index contributed by atoms with van der Waals surface area (Å²) in [7, 11) is 0. The molecule has 4 nitrogen and oxygen atoms in total. The van der Waals surface area contributed by atoms with Gasteiger partial charge in [-0.2, -0.15) is 12.1 Å². The molecule has 7 rings (SSSR count). The van der Waals surface area contributed by atoms with Crippen LogP contribution in [0.15, 0.2) is 114 Å². The van der Waals surface area contributed by atoms with Crippen LogP contribution in [0.25, 0.3) is 33.2 Å². The van der Waals surface area contributed by atoms with Crippen LogP contribution in [0, 0.1) is 32.9 Å². The van der Waals surface area contributed by atoms with Crippen molar-refractivity contribution in [1.82, 2.24) is 4.98 Å². The van der Waals surface area contributed by atoms with Gasteiger partial charge in [0, 0.05) is 43.8 Å². The van der Waals surface area contributed by atoms with Gasteiger partial charge in [0.05, 0.1) is 5.58 Å². The molecule has 2 aromatic heterocycles. The maximum atomic E-state index is 6.07. The zero-order chi connectivity index (χ0) is 26.8. The minimum absolute atomic E-state index is 0. The zero-order valence-electron chi connectivity index (χ0n) is 22.5. The number of rotatable bonds is 3. The van der Waals surface area contributed by atoms with Crippen LogP contribution in [0.5, 0.6) is 0 Å². The van der Waals surface area contributed by atoms with E-state index in [1.54, 1.807) is 0 Å². The predicted octanol–water partition coefficient (Wildman–Crippen LogP) is 8.50.